The van der Waals surface area contributed by atoms with E-state index in [1.807, 2.05) is 0 Å². The molecule has 1 atom stereocenters. The molecule has 3 rings (SSSR count). The van der Waals surface area contributed by atoms with Crippen molar-refractivity contribution in [2.75, 3.05) is 17.1 Å². The van der Waals surface area contributed by atoms with Gasteiger partial charge in [-0.3, -0.25) is 13.9 Å². The highest BCUT2D eigenvalue weighted by Gasteiger charge is 2.28. The molecular formula is C26H33ClFN3O4S. The Morgan fingerprint density at radius 2 is 1.81 bits per heavy atom. The van der Waals surface area contributed by atoms with Crippen molar-refractivity contribution in [3.63, 3.8) is 0 Å². The summed E-state index contributed by atoms with van der Waals surface area (Å²) in [6.45, 7) is 1.90. The van der Waals surface area contributed by atoms with Gasteiger partial charge in [0, 0.05) is 30.6 Å². The minimum atomic E-state index is -3.60. The Bertz CT molecular complexity index is 1150. The normalized spacial score (nSPS) is 14.9. The van der Waals surface area contributed by atoms with E-state index in [1.165, 1.54) is 21.3 Å². The van der Waals surface area contributed by atoms with Gasteiger partial charge in [0.2, 0.25) is 21.8 Å². The van der Waals surface area contributed by atoms with Crippen LogP contribution in [0.1, 0.15) is 51.0 Å². The van der Waals surface area contributed by atoms with E-state index < -0.39 is 16.1 Å². The molecule has 2 amide bonds. The molecule has 0 bridgehead atoms. The third-order valence-electron chi connectivity index (χ3n) is 6.38. The minimum absolute atomic E-state index is 0.0365. The lowest BCUT2D eigenvalue weighted by molar-refractivity contribution is -0.141. The second-order valence-electron chi connectivity index (χ2n) is 9.23. The summed E-state index contributed by atoms with van der Waals surface area (Å²) in [4.78, 5) is 27.7. The molecule has 2 aromatic carbocycles. The number of rotatable bonds is 11. The molecule has 7 nitrogen and oxygen atoms in total. The fourth-order valence-corrected chi connectivity index (χ4v) is 5.54. The maximum Gasteiger partial charge on any atom is 0.242 e. The smallest absolute Gasteiger partial charge is 0.242 e. The zero-order chi connectivity index (χ0) is 26.3. The quantitative estimate of drug-likeness (QED) is 0.457. The highest BCUT2D eigenvalue weighted by atomic mass is 35.5. The maximum atomic E-state index is 13.4. The van der Waals surface area contributed by atoms with Gasteiger partial charge >= 0.3 is 0 Å². The number of halogens is 2. The average Bonchev–Trinajstić information content (AvgIpc) is 3.33. The van der Waals surface area contributed by atoms with Crippen LogP contribution in [0.15, 0.2) is 48.5 Å². The van der Waals surface area contributed by atoms with E-state index in [0.717, 1.165) is 31.9 Å². The van der Waals surface area contributed by atoms with Crippen molar-refractivity contribution in [2.24, 2.45) is 0 Å². The van der Waals surface area contributed by atoms with Gasteiger partial charge in [0.25, 0.3) is 0 Å². The van der Waals surface area contributed by atoms with Gasteiger partial charge in [-0.25, -0.2) is 12.8 Å². The minimum Gasteiger partial charge on any atom is -0.352 e. The highest BCUT2D eigenvalue weighted by molar-refractivity contribution is 7.92. The summed E-state index contributed by atoms with van der Waals surface area (Å²) in [5.41, 5.74) is 1.12. The fraction of sp³-hybridized carbons (Fsp3) is 0.462. The predicted octanol–water partition coefficient (Wildman–Crippen LogP) is 4.50. The van der Waals surface area contributed by atoms with Crippen LogP contribution in [0.2, 0.25) is 5.02 Å². The van der Waals surface area contributed by atoms with E-state index in [1.54, 1.807) is 43.3 Å². The number of carbonyl (C=O) groups excluding carboxylic acids is 2. The van der Waals surface area contributed by atoms with Crippen molar-refractivity contribution < 1.29 is 22.4 Å². The Labute approximate surface area is 217 Å². The lowest BCUT2D eigenvalue weighted by Gasteiger charge is -2.30. The summed E-state index contributed by atoms with van der Waals surface area (Å²) < 4.78 is 39.4. The van der Waals surface area contributed by atoms with Crippen LogP contribution >= 0.6 is 11.6 Å². The van der Waals surface area contributed by atoms with E-state index >= 15 is 0 Å². The number of nitrogens with one attached hydrogen (secondary N) is 1. The van der Waals surface area contributed by atoms with Crippen molar-refractivity contribution >= 4 is 39.1 Å². The van der Waals surface area contributed by atoms with Gasteiger partial charge in [0.15, 0.2) is 0 Å². The van der Waals surface area contributed by atoms with Gasteiger partial charge in [0.05, 0.1) is 11.9 Å². The van der Waals surface area contributed by atoms with Crippen LogP contribution in [0.5, 0.6) is 0 Å². The van der Waals surface area contributed by atoms with Crippen molar-refractivity contribution in [3.8, 4) is 0 Å². The predicted molar refractivity (Wildman–Crippen MR) is 140 cm³/mol. The molecule has 1 saturated carbocycles. The standard InChI is InChI=1S/C26H33ClFN3O4S/c1-19(26(33)29-23-8-3-4-9-23)30(18-20-12-14-22(28)15-13-20)25(32)11-6-16-31(36(2,34)35)24-10-5-7-21(27)17-24/h5,7,10,12-15,17,19,23H,3-4,6,8-9,11,16,18H2,1-2H3,(H,29,33)/t19-/m1/s1. The molecule has 0 radical (unpaired) electrons. The summed E-state index contributed by atoms with van der Waals surface area (Å²) >= 11 is 6.03. The zero-order valence-electron chi connectivity index (χ0n) is 20.6. The topological polar surface area (TPSA) is 86.8 Å². The van der Waals surface area contributed by atoms with Crippen molar-refractivity contribution in [3.05, 3.63) is 64.9 Å². The third kappa shape index (κ3) is 7.93. The number of sulfonamides is 1. The molecule has 0 heterocycles. The molecule has 1 N–H and O–H groups in total. The van der Waals surface area contributed by atoms with Crippen molar-refractivity contribution in [1.82, 2.24) is 10.2 Å². The molecule has 36 heavy (non-hydrogen) atoms. The van der Waals surface area contributed by atoms with Gasteiger partial charge in [0.1, 0.15) is 11.9 Å². The van der Waals surface area contributed by atoms with Gasteiger partial charge < -0.3 is 10.2 Å². The van der Waals surface area contributed by atoms with Crippen LogP contribution in [0.3, 0.4) is 0 Å². The number of anilines is 1. The van der Waals surface area contributed by atoms with Crippen molar-refractivity contribution in [1.29, 1.82) is 0 Å². The first-order valence-electron chi connectivity index (χ1n) is 12.1. The molecular weight excluding hydrogens is 505 g/mol. The molecule has 2 aromatic rings. The maximum absolute atomic E-state index is 13.4. The van der Waals surface area contributed by atoms with Crippen LogP contribution in [0.25, 0.3) is 0 Å². The zero-order valence-corrected chi connectivity index (χ0v) is 22.2. The SMILES string of the molecule is C[C@H](C(=O)NC1CCCC1)N(Cc1ccc(F)cc1)C(=O)CCCN(c1cccc(Cl)c1)S(C)(=O)=O. The molecule has 10 heteroatoms. The molecule has 0 aromatic heterocycles. The lowest BCUT2D eigenvalue weighted by Crippen LogP contribution is -2.49. The Hall–Kier alpha value is -2.65. The second kappa shape index (κ2) is 12.5. The number of hydrogen-bond donors (Lipinski definition) is 1. The molecule has 0 aliphatic heterocycles. The van der Waals surface area contributed by atoms with Crippen LogP contribution in [0, 0.1) is 5.82 Å². The molecule has 1 aliphatic rings. The number of carbonyl (C=O) groups is 2. The molecule has 196 valence electrons. The summed E-state index contributed by atoms with van der Waals surface area (Å²) in [6, 6.07) is 11.7. The molecule has 1 aliphatic carbocycles. The summed E-state index contributed by atoms with van der Waals surface area (Å²) in [6.07, 6.45) is 5.38. The number of amides is 2. The Balaban J connectivity index is 1.71. The lowest BCUT2D eigenvalue weighted by atomic mass is 10.1. The first-order chi connectivity index (χ1) is 17.0. The molecule has 0 spiro atoms. The molecule has 0 unspecified atom stereocenters. The van der Waals surface area contributed by atoms with Gasteiger partial charge in [-0.05, 0) is 62.1 Å². The summed E-state index contributed by atoms with van der Waals surface area (Å²) in [7, 11) is -3.60. The summed E-state index contributed by atoms with van der Waals surface area (Å²) in [5.74, 6) is -0.896. The third-order valence-corrected chi connectivity index (χ3v) is 7.81. The van der Waals surface area contributed by atoms with E-state index in [2.05, 4.69) is 5.32 Å². The number of benzene rings is 2. The van der Waals surface area contributed by atoms with Crippen LogP contribution < -0.4 is 9.62 Å². The molecule has 1 fully saturated rings. The van der Waals surface area contributed by atoms with Crippen molar-refractivity contribution in [2.45, 2.75) is 64.1 Å². The highest BCUT2D eigenvalue weighted by Crippen LogP contribution is 2.23. The Morgan fingerprint density at radius 3 is 2.42 bits per heavy atom. The van der Waals surface area contributed by atoms with E-state index in [4.69, 9.17) is 11.6 Å². The average molecular weight is 538 g/mol. The van der Waals surface area contributed by atoms with E-state index in [9.17, 15) is 22.4 Å². The van der Waals surface area contributed by atoms with Crippen LogP contribution in [-0.2, 0) is 26.2 Å². The fourth-order valence-electron chi connectivity index (χ4n) is 4.40. The Morgan fingerprint density at radius 1 is 1.14 bits per heavy atom. The van der Waals surface area contributed by atoms with E-state index in [-0.39, 0.29) is 49.6 Å². The van der Waals surface area contributed by atoms with E-state index in [0.29, 0.717) is 16.3 Å². The van der Waals surface area contributed by atoms with Crippen LogP contribution in [-0.4, -0.2) is 50.0 Å². The summed E-state index contributed by atoms with van der Waals surface area (Å²) in [5, 5.41) is 3.44. The second-order valence-corrected chi connectivity index (χ2v) is 11.6. The largest absolute Gasteiger partial charge is 0.352 e. The Kier molecular flexibility index (Phi) is 9.73. The molecule has 0 saturated heterocycles. The number of hydrogen-bond acceptors (Lipinski definition) is 4. The van der Waals surface area contributed by atoms with Crippen LogP contribution in [0.4, 0.5) is 10.1 Å². The van der Waals surface area contributed by atoms with Gasteiger partial charge in [-0.15, -0.1) is 0 Å². The van der Waals surface area contributed by atoms with Gasteiger partial charge in [-0.2, -0.15) is 0 Å². The first-order valence-corrected chi connectivity index (χ1v) is 14.3. The van der Waals surface area contributed by atoms with Gasteiger partial charge in [-0.1, -0.05) is 42.6 Å². The first kappa shape index (κ1) is 27.9. The number of nitrogens with zero attached hydrogens (tertiary/aromatic N) is 2. The monoisotopic (exact) mass is 537 g/mol.